The minimum absolute atomic E-state index is 0. The first-order valence-corrected chi connectivity index (χ1v) is 14.6. The molecule has 2 aliphatic heterocycles. The minimum Gasteiger partial charge on any atom is -0.453 e. The quantitative estimate of drug-likeness (QED) is 0.286. The maximum absolute atomic E-state index is 14.9. The highest BCUT2D eigenvalue weighted by Crippen LogP contribution is 2.35. The summed E-state index contributed by atoms with van der Waals surface area (Å²) in [7, 11) is 1.30. The van der Waals surface area contributed by atoms with Gasteiger partial charge in [0.05, 0.1) is 32.8 Å². The van der Waals surface area contributed by atoms with Crippen LogP contribution in [0.2, 0.25) is 0 Å². The van der Waals surface area contributed by atoms with E-state index in [1.165, 1.54) is 19.2 Å². The average Bonchev–Trinajstić information content (AvgIpc) is 3.63. The number of imidazole rings is 1. The molecule has 10 nitrogen and oxygen atoms in total. The summed E-state index contributed by atoms with van der Waals surface area (Å²) in [5, 5.41) is 5.63. The number of anilines is 2. The largest absolute Gasteiger partial charge is 0.453 e. The van der Waals surface area contributed by atoms with E-state index in [1.54, 1.807) is 6.20 Å². The zero-order valence-electron chi connectivity index (χ0n) is 25.7. The van der Waals surface area contributed by atoms with Crippen LogP contribution in [0.25, 0.3) is 0 Å². The summed E-state index contributed by atoms with van der Waals surface area (Å²) >= 11 is 0. The number of nitrogens with one attached hydrogen (secondary N) is 2. The lowest BCUT2D eigenvalue weighted by Crippen LogP contribution is -2.37. The second-order valence-corrected chi connectivity index (χ2v) is 11.0. The van der Waals surface area contributed by atoms with Gasteiger partial charge in [-0.2, -0.15) is 0 Å². The number of benzene rings is 2. The Hall–Kier alpha value is -3.16. The van der Waals surface area contributed by atoms with E-state index < -0.39 is 29.6 Å². The Balaban J connectivity index is 0.00000245. The highest BCUT2D eigenvalue weighted by molar-refractivity contribution is 5.92. The average molecular weight is 706 g/mol. The fourth-order valence-electron chi connectivity index (χ4n) is 5.87. The van der Waals surface area contributed by atoms with Gasteiger partial charge >= 0.3 is 6.09 Å². The number of methoxy groups -OCH3 is 1. The summed E-state index contributed by atoms with van der Waals surface area (Å²) in [4.78, 5) is 33.9. The van der Waals surface area contributed by atoms with E-state index in [2.05, 4.69) is 55.3 Å². The number of alkyl carbamates (subject to hydrolysis) is 1. The van der Waals surface area contributed by atoms with Gasteiger partial charge in [0.25, 0.3) is 0 Å². The molecule has 2 aliphatic rings. The molecular weight excluding hydrogens is 665 g/mol. The number of hydrogen-bond acceptors (Lipinski definition) is 7. The van der Waals surface area contributed by atoms with Gasteiger partial charge in [-0.25, -0.2) is 18.6 Å². The van der Waals surface area contributed by atoms with Crippen LogP contribution < -0.4 is 15.5 Å². The van der Waals surface area contributed by atoms with Crippen molar-refractivity contribution in [1.29, 1.82) is 0 Å². The fourth-order valence-corrected chi connectivity index (χ4v) is 5.87. The molecule has 15 heteroatoms. The molecule has 1 aromatic heterocycles. The Morgan fingerprint density at radius 2 is 1.83 bits per heavy atom. The summed E-state index contributed by atoms with van der Waals surface area (Å²) in [6.07, 6.45) is 3.58. The van der Waals surface area contributed by atoms with E-state index in [0.29, 0.717) is 63.9 Å². The Morgan fingerprint density at radius 3 is 2.54 bits per heavy atom. The van der Waals surface area contributed by atoms with Crippen molar-refractivity contribution in [2.45, 2.75) is 25.8 Å². The van der Waals surface area contributed by atoms with Gasteiger partial charge in [-0.15, -0.1) is 37.2 Å². The minimum atomic E-state index is -0.673. The predicted octanol–water partition coefficient (Wildman–Crippen LogP) is 5.02. The number of carbonyl (C=O) groups excluding carboxylic acids is 2. The topological polar surface area (TPSA) is 101 Å². The first-order valence-electron chi connectivity index (χ1n) is 14.6. The van der Waals surface area contributed by atoms with Gasteiger partial charge in [-0.05, 0) is 48.7 Å². The number of carbonyl (C=O) groups is 2. The van der Waals surface area contributed by atoms with Crippen LogP contribution >= 0.6 is 37.2 Å². The lowest BCUT2D eigenvalue weighted by Gasteiger charge is -2.31. The molecule has 2 atom stereocenters. The van der Waals surface area contributed by atoms with Crippen LogP contribution in [0, 0.1) is 24.5 Å². The molecule has 0 saturated carbocycles. The first-order chi connectivity index (χ1) is 20.8. The molecule has 5 rings (SSSR count). The molecule has 0 unspecified atom stereocenters. The van der Waals surface area contributed by atoms with Crippen LogP contribution in [-0.2, 0) is 20.8 Å². The van der Waals surface area contributed by atoms with Crippen LogP contribution in [0.3, 0.4) is 0 Å². The first kappa shape index (κ1) is 39.0. The summed E-state index contributed by atoms with van der Waals surface area (Å²) in [5.74, 6) is -2.30. The number of likely N-dealkylation sites (tertiary alicyclic amines) is 1. The lowest BCUT2D eigenvalue weighted by molar-refractivity contribution is -0.120. The van der Waals surface area contributed by atoms with Crippen molar-refractivity contribution in [3.8, 4) is 0 Å². The van der Waals surface area contributed by atoms with Gasteiger partial charge in [0.2, 0.25) is 11.9 Å². The Morgan fingerprint density at radius 1 is 1.07 bits per heavy atom. The number of hydrogen-bond donors (Lipinski definition) is 2. The van der Waals surface area contributed by atoms with Crippen molar-refractivity contribution in [3.05, 3.63) is 77.1 Å². The lowest BCUT2D eigenvalue weighted by atomic mass is 9.88. The number of rotatable bonds is 10. The maximum atomic E-state index is 14.9. The number of ether oxygens (including phenoxy) is 2. The monoisotopic (exact) mass is 704 g/mol. The molecule has 3 heterocycles. The van der Waals surface area contributed by atoms with Crippen LogP contribution in [0.4, 0.5) is 25.2 Å². The van der Waals surface area contributed by atoms with Crippen molar-refractivity contribution in [2.24, 2.45) is 5.92 Å². The molecule has 0 radical (unpaired) electrons. The summed E-state index contributed by atoms with van der Waals surface area (Å²) in [6.45, 7) is 7.32. The normalized spacial score (nSPS) is 17.7. The Bertz CT molecular complexity index is 1440. The van der Waals surface area contributed by atoms with Gasteiger partial charge < -0.3 is 29.2 Å². The third-order valence-electron chi connectivity index (χ3n) is 8.08. The van der Waals surface area contributed by atoms with E-state index >= 15 is 0 Å². The SMILES string of the molecule is COC(=O)NCCCN1C[C@@H](C(=O)Nc2nccn2Cc2ccc(C)cc2N2CCOCC2)[C@H](c2ccc(F)cc2F)C1.Cl.Cl.Cl. The molecule has 0 aliphatic carbocycles. The molecule has 2 fully saturated rings. The maximum Gasteiger partial charge on any atom is 0.406 e. The van der Waals surface area contributed by atoms with Crippen molar-refractivity contribution in [3.63, 3.8) is 0 Å². The van der Waals surface area contributed by atoms with Crippen LogP contribution in [-0.4, -0.2) is 86.0 Å². The highest BCUT2D eigenvalue weighted by Gasteiger charge is 2.40. The number of nitrogens with zero attached hydrogens (tertiary/aromatic N) is 4. The summed E-state index contributed by atoms with van der Waals surface area (Å²) in [6, 6.07) is 9.84. The van der Waals surface area contributed by atoms with E-state index in [0.717, 1.165) is 36.0 Å². The van der Waals surface area contributed by atoms with Gasteiger partial charge in [0.1, 0.15) is 11.6 Å². The van der Waals surface area contributed by atoms with Gasteiger partial charge in [0.15, 0.2) is 0 Å². The molecule has 0 spiro atoms. The Kier molecular flexibility index (Phi) is 15.5. The number of morpholine rings is 1. The third-order valence-corrected chi connectivity index (χ3v) is 8.08. The van der Waals surface area contributed by atoms with Crippen molar-refractivity contribution in [2.75, 3.05) is 69.8 Å². The van der Waals surface area contributed by atoms with E-state index in [-0.39, 0.29) is 43.1 Å². The number of halogens is 5. The second-order valence-electron chi connectivity index (χ2n) is 11.0. The highest BCUT2D eigenvalue weighted by atomic mass is 35.5. The van der Waals surface area contributed by atoms with E-state index in [4.69, 9.17) is 4.74 Å². The molecule has 254 valence electrons. The Labute approximate surface area is 286 Å². The van der Waals surface area contributed by atoms with Crippen molar-refractivity contribution in [1.82, 2.24) is 19.8 Å². The van der Waals surface area contributed by atoms with Crippen LogP contribution in [0.1, 0.15) is 29.0 Å². The molecule has 2 N–H and O–H groups in total. The van der Waals surface area contributed by atoms with E-state index in [9.17, 15) is 18.4 Å². The number of amides is 2. The molecule has 2 saturated heterocycles. The molecule has 2 aromatic carbocycles. The van der Waals surface area contributed by atoms with E-state index in [1.807, 2.05) is 10.8 Å². The summed E-state index contributed by atoms with van der Waals surface area (Å²) in [5.41, 5.74) is 3.69. The van der Waals surface area contributed by atoms with Crippen LogP contribution in [0.5, 0.6) is 0 Å². The zero-order valence-corrected chi connectivity index (χ0v) is 28.2. The van der Waals surface area contributed by atoms with Crippen molar-refractivity contribution < 1.29 is 27.8 Å². The van der Waals surface area contributed by atoms with Crippen LogP contribution in [0.15, 0.2) is 48.8 Å². The molecular formula is C31H41Cl3F2N6O4. The van der Waals surface area contributed by atoms with Gasteiger partial charge in [0, 0.05) is 62.8 Å². The predicted molar refractivity (Wildman–Crippen MR) is 180 cm³/mol. The molecule has 2 amide bonds. The van der Waals surface area contributed by atoms with Gasteiger partial charge in [-0.1, -0.05) is 18.2 Å². The fraction of sp³-hybridized carbons (Fsp3) is 0.452. The zero-order chi connectivity index (χ0) is 30.3. The van der Waals surface area contributed by atoms with Crippen molar-refractivity contribution >= 4 is 60.9 Å². The molecule has 0 bridgehead atoms. The third kappa shape index (κ3) is 9.68. The molecule has 3 aromatic rings. The number of aryl methyl sites for hydroxylation is 1. The second kappa shape index (κ2) is 18.2. The van der Waals surface area contributed by atoms with Gasteiger partial charge in [-0.3, -0.25) is 10.1 Å². The molecule has 46 heavy (non-hydrogen) atoms. The standard InChI is InChI=1S/C31H38F2N6O4.3ClH/c1-21-4-5-22(28(16-21)38-12-14-43-15-13-38)18-39-11-9-34-30(39)36-29(40)26-20-37(10-3-8-35-31(41)42-2)19-25(26)24-7-6-23(32)17-27(24)33;;;/h4-7,9,11,16-17,25-26H,3,8,10,12-15,18-20H2,1-2H3,(H,35,41)(H,34,36,40);3*1H/t25-,26+;;;/m0.../s1. The number of aromatic nitrogens is 2. The summed E-state index contributed by atoms with van der Waals surface area (Å²) < 4.78 is 40.7. The smallest absolute Gasteiger partial charge is 0.406 e.